The molecule has 0 aliphatic rings. The lowest BCUT2D eigenvalue weighted by Gasteiger charge is -2.33. The molecule has 0 saturated heterocycles. The van der Waals surface area contributed by atoms with E-state index in [2.05, 4.69) is 62.3 Å². The van der Waals surface area contributed by atoms with E-state index in [0.717, 1.165) is 0 Å². The van der Waals surface area contributed by atoms with Gasteiger partial charge >= 0.3 is 0 Å². The highest BCUT2D eigenvalue weighted by Crippen LogP contribution is 2.35. The molecule has 16 heavy (non-hydrogen) atoms. The van der Waals surface area contributed by atoms with E-state index in [-0.39, 0.29) is 8.80 Å². The number of hydrogen-bond donors (Lipinski definition) is 0. The Morgan fingerprint density at radius 2 is 0.688 bits per heavy atom. The minimum atomic E-state index is -0.217. The van der Waals surface area contributed by atoms with E-state index in [1.807, 2.05) is 0 Å². The molecular weight excluding hydrogens is 208 g/mol. The Labute approximate surface area is 106 Å². The Hall–Kier alpha value is 0.217. The third-order valence-electron chi connectivity index (χ3n) is 2.34. The molecule has 0 aliphatic carbocycles. The van der Waals surface area contributed by atoms with Gasteiger partial charge in [-0.25, -0.2) is 0 Å². The van der Waals surface area contributed by atoms with E-state index in [4.69, 9.17) is 0 Å². The van der Waals surface area contributed by atoms with Crippen LogP contribution in [0.15, 0.2) is 0 Å². The first-order chi connectivity index (χ1) is 6.79. The molecule has 0 amide bonds. The van der Waals surface area contributed by atoms with Crippen molar-refractivity contribution in [3.8, 4) is 0 Å². The van der Waals surface area contributed by atoms with Crippen LogP contribution in [0.3, 0.4) is 0 Å². The van der Waals surface area contributed by atoms with Crippen LogP contribution in [0.4, 0.5) is 0 Å². The van der Waals surface area contributed by atoms with Crippen molar-refractivity contribution in [2.24, 2.45) is 16.2 Å². The summed E-state index contributed by atoms with van der Waals surface area (Å²) in [6.45, 7) is 21.5. The Morgan fingerprint density at radius 3 is 0.812 bits per heavy atom. The first-order valence-electron chi connectivity index (χ1n) is 6.62. The van der Waals surface area contributed by atoms with Gasteiger partial charge in [-0.15, -0.1) is 0 Å². The van der Waals surface area contributed by atoms with Crippen LogP contribution in [-0.2, 0) is 0 Å². The molecule has 0 atom stereocenters. The van der Waals surface area contributed by atoms with Crippen LogP contribution in [0.5, 0.6) is 0 Å². The van der Waals surface area contributed by atoms with Gasteiger partial charge in [0, 0.05) is 8.80 Å². The van der Waals surface area contributed by atoms with Gasteiger partial charge in [0.25, 0.3) is 0 Å². The molecule has 1 radical (unpaired) electrons. The molecule has 0 heterocycles. The zero-order chi connectivity index (χ0) is 13.2. The van der Waals surface area contributed by atoms with Crippen molar-refractivity contribution in [2.45, 2.75) is 80.4 Å². The van der Waals surface area contributed by atoms with Gasteiger partial charge in [0.2, 0.25) is 0 Å². The molecule has 0 unspecified atom stereocenters. The molecule has 0 fully saturated rings. The molecule has 0 rings (SSSR count). The number of hydrogen-bond acceptors (Lipinski definition) is 0. The Balaban J connectivity index is 4.53. The Morgan fingerprint density at radius 1 is 0.500 bits per heavy atom. The third-order valence-corrected chi connectivity index (χ3v) is 7.02. The fraction of sp³-hybridized carbons (Fsp3) is 1.00. The maximum atomic E-state index is 2.39. The van der Waals surface area contributed by atoms with Crippen molar-refractivity contribution in [1.82, 2.24) is 0 Å². The van der Waals surface area contributed by atoms with Gasteiger partial charge in [-0.05, 0) is 16.2 Å². The summed E-state index contributed by atoms with van der Waals surface area (Å²) in [5, 5.41) is 0. The second kappa shape index (κ2) is 5.24. The maximum Gasteiger partial charge on any atom is 0.0495 e. The molecule has 0 aromatic rings. The fourth-order valence-corrected chi connectivity index (χ4v) is 7.31. The quantitative estimate of drug-likeness (QED) is 0.563. The van der Waals surface area contributed by atoms with Gasteiger partial charge in [-0.1, -0.05) is 80.4 Å². The normalized spacial score (nSPS) is 14.6. The summed E-state index contributed by atoms with van der Waals surface area (Å²) >= 11 is 0. The summed E-state index contributed by atoms with van der Waals surface area (Å²) in [6, 6.07) is 4.35. The summed E-state index contributed by atoms with van der Waals surface area (Å²) in [7, 11) is -0.217. The van der Waals surface area contributed by atoms with E-state index in [1.54, 1.807) is 0 Å². The smallest absolute Gasteiger partial charge is 0.0495 e. The van der Waals surface area contributed by atoms with Crippen molar-refractivity contribution >= 4 is 8.80 Å². The lowest BCUT2D eigenvalue weighted by Crippen LogP contribution is -2.29. The van der Waals surface area contributed by atoms with Crippen molar-refractivity contribution in [3.63, 3.8) is 0 Å². The van der Waals surface area contributed by atoms with Crippen LogP contribution in [-0.4, -0.2) is 8.80 Å². The standard InChI is InChI=1S/C15H33Si/c1-13(2,3)10-16(11-14(4,5)6)12-15(7,8)9/h10-12H2,1-9H3. The van der Waals surface area contributed by atoms with E-state index in [9.17, 15) is 0 Å². The van der Waals surface area contributed by atoms with Gasteiger partial charge < -0.3 is 0 Å². The van der Waals surface area contributed by atoms with E-state index in [1.165, 1.54) is 18.1 Å². The van der Waals surface area contributed by atoms with Crippen molar-refractivity contribution in [3.05, 3.63) is 0 Å². The average molecular weight is 242 g/mol. The molecular formula is C15H33Si. The van der Waals surface area contributed by atoms with Gasteiger partial charge in [0.1, 0.15) is 0 Å². The molecule has 0 nitrogen and oxygen atoms in total. The molecule has 97 valence electrons. The Bertz CT molecular complexity index is 159. The minimum Gasteiger partial charge on any atom is -0.0605 e. The van der Waals surface area contributed by atoms with E-state index >= 15 is 0 Å². The van der Waals surface area contributed by atoms with Crippen LogP contribution < -0.4 is 0 Å². The van der Waals surface area contributed by atoms with Crippen molar-refractivity contribution in [2.75, 3.05) is 0 Å². The summed E-state index contributed by atoms with van der Waals surface area (Å²) < 4.78 is 0. The van der Waals surface area contributed by atoms with E-state index in [0.29, 0.717) is 16.2 Å². The lowest BCUT2D eigenvalue weighted by molar-refractivity contribution is 0.417. The second-order valence-corrected chi connectivity index (χ2v) is 11.5. The van der Waals surface area contributed by atoms with Gasteiger partial charge in [0.15, 0.2) is 0 Å². The minimum absolute atomic E-state index is 0.217. The van der Waals surface area contributed by atoms with Crippen molar-refractivity contribution in [1.29, 1.82) is 0 Å². The monoisotopic (exact) mass is 241 g/mol. The zero-order valence-corrected chi connectivity index (χ0v) is 14.1. The first kappa shape index (κ1) is 16.2. The molecule has 0 spiro atoms. The van der Waals surface area contributed by atoms with Gasteiger partial charge in [-0.2, -0.15) is 0 Å². The topological polar surface area (TPSA) is 0 Å². The first-order valence-corrected chi connectivity index (χ1v) is 8.74. The largest absolute Gasteiger partial charge is 0.0605 e. The average Bonchev–Trinajstić information content (AvgIpc) is 1.70. The van der Waals surface area contributed by atoms with Crippen molar-refractivity contribution < 1.29 is 0 Å². The second-order valence-electron chi connectivity index (χ2n) is 8.96. The molecule has 0 bridgehead atoms. The fourth-order valence-electron chi connectivity index (χ4n) is 2.44. The highest BCUT2D eigenvalue weighted by Gasteiger charge is 2.28. The zero-order valence-electron chi connectivity index (χ0n) is 13.1. The molecule has 1 heteroatoms. The van der Waals surface area contributed by atoms with Crippen LogP contribution in [0.1, 0.15) is 62.3 Å². The van der Waals surface area contributed by atoms with Crippen LogP contribution >= 0.6 is 0 Å². The molecule has 0 saturated carbocycles. The van der Waals surface area contributed by atoms with Gasteiger partial charge in [0.05, 0.1) is 0 Å². The third kappa shape index (κ3) is 10.7. The number of rotatable bonds is 3. The summed E-state index contributed by atoms with van der Waals surface area (Å²) in [5.74, 6) is 0. The SMILES string of the molecule is CC(C)(C)C[Si](CC(C)(C)C)CC(C)(C)C. The summed E-state index contributed by atoms with van der Waals surface area (Å²) in [6.07, 6.45) is 0. The van der Waals surface area contributed by atoms with Crippen LogP contribution in [0.25, 0.3) is 0 Å². The lowest BCUT2D eigenvalue weighted by atomic mass is 9.99. The maximum absolute atomic E-state index is 2.39. The molecule has 0 aliphatic heterocycles. The highest BCUT2D eigenvalue weighted by atomic mass is 28.3. The molecule has 0 aromatic carbocycles. The van der Waals surface area contributed by atoms with Crippen LogP contribution in [0, 0.1) is 16.2 Å². The Kier molecular flexibility index (Phi) is 5.32. The van der Waals surface area contributed by atoms with E-state index < -0.39 is 0 Å². The highest BCUT2D eigenvalue weighted by molar-refractivity contribution is 6.59. The predicted octanol–water partition coefficient (Wildman–Crippen LogP) is 5.62. The summed E-state index contributed by atoms with van der Waals surface area (Å²) in [4.78, 5) is 0. The predicted molar refractivity (Wildman–Crippen MR) is 78.5 cm³/mol. The molecule has 0 N–H and O–H groups in total. The van der Waals surface area contributed by atoms with Gasteiger partial charge in [-0.3, -0.25) is 0 Å². The summed E-state index contributed by atoms with van der Waals surface area (Å²) in [5.41, 5.74) is 1.51. The van der Waals surface area contributed by atoms with Crippen LogP contribution in [0.2, 0.25) is 18.1 Å². The molecule has 0 aromatic heterocycles.